The summed E-state index contributed by atoms with van der Waals surface area (Å²) < 4.78 is 7.19. The number of rotatable bonds is 2. The maximum Gasteiger partial charge on any atom is 0.261 e. The van der Waals surface area contributed by atoms with E-state index in [0.29, 0.717) is 11.9 Å². The third-order valence-electron chi connectivity index (χ3n) is 3.16. The molecule has 1 fully saturated rings. The summed E-state index contributed by atoms with van der Waals surface area (Å²) in [6.45, 7) is 1.41. The number of fused-ring (bicyclic) bond motifs is 1. The van der Waals surface area contributed by atoms with E-state index in [9.17, 15) is 4.79 Å². The fraction of sp³-hybridized carbons (Fsp3) is 0.385. The summed E-state index contributed by atoms with van der Waals surface area (Å²) in [6, 6.07) is 7.42. The third-order valence-corrected chi connectivity index (χ3v) is 3.16. The summed E-state index contributed by atoms with van der Waals surface area (Å²) in [5.41, 5.74) is 0.771. The maximum absolute atomic E-state index is 12.2. The number of ether oxygens (including phenoxy) is 1. The van der Waals surface area contributed by atoms with Gasteiger partial charge < -0.3 is 4.74 Å². The molecule has 0 saturated carbocycles. The van der Waals surface area contributed by atoms with Gasteiger partial charge in [-0.3, -0.25) is 9.36 Å². The summed E-state index contributed by atoms with van der Waals surface area (Å²) in [5, 5.41) is 0.674. The molecule has 1 aromatic carbocycles. The molecule has 1 aliphatic rings. The van der Waals surface area contributed by atoms with Crippen LogP contribution in [0.25, 0.3) is 10.9 Å². The molecule has 2 heterocycles. The average Bonchev–Trinajstić information content (AvgIpc) is 2.86. The fourth-order valence-electron chi connectivity index (χ4n) is 2.24. The zero-order chi connectivity index (χ0) is 11.7. The second kappa shape index (κ2) is 4.30. The lowest BCUT2D eigenvalue weighted by atomic mass is 10.2. The van der Waals surface area contributed by atoms with Gasteiger partial charge in [0.15, 0.2) is 0 Å². The van der Waals surface area contributed by atoms with Gasteiger partial charge in [-0.15, -0.1) is 0 Å². The smallest absolute Gasteiger partial charge is 0.261 e. The summed E-state index contributed by atoms with van der Waals surface area (Å²) in [5.74, 6) is 0. The van der Waals surface area contributed by atoms with E-state index < -0.39 is 0 Å². The van der Waals surface area contributed by atoms with Crippen molar-refractivity contribution in [2.24, 2.45) is 0 Å². The molecular weight excluding hydrogens is 216 g/mol. The van der Waals surface area contributed by atoms with Crippen molar-refractivity contribution in [3.8, 4) is 0 Å². The second-order valence-electron chi connectivity index (χ2n) is 4.35. The van der Waals surface area contributed by atoms with Gasteiger partial charge in [0.05, 0.1) is 29.9 Å². The quantitative estimate of drug-likeness (QED) is 0.786. The van der Waals surface area contributed by atoms with E-state index in [1.165, 1.54) is 0 Å². The van der Waals surface area contributed by atoms with Crippen LogP contribution in [0.2, 0.25) is 0 Å². The average molecular weight is 230 g/mol. The van der Waals surface area contributed by atoms with Crippen molar-refractivity contribution in [1.29, 1.82) is 0 Å². The largest absolute Gasteiger partial charge is 0.376 e. The van der Waals surface area contributed by atoms with Crippen molar-refractivity contribution in [3.63, 3.8) is 0 Å². The normalized spacial score (nSPS) is 19.9. The lowest BCUT2D eigenvalue weighted by Crippen LogP contribution is -2.26. The van der Waals surface area contributed by atoms with Crippen molar-refractivity contribution >= 4 is 10.9 Å². The van der Waals surface area contributed by atoms with Crippen LogP contribution in [0.1, 0.15) is 12.8 Å². The number of para-hydroxylation sites is 1. The Balaban J connectivity index is 1.99. The second-order valence-corrected chi connectivity index (χ2v) is 4.35. The molecule has 3 rings (SSSR count). The molecule has 88 valence electrons. The minimum Gasteiger partial charge on any atom is -0.376 e. The van der Waals surface area contributed by atoms with Crippen LogP contribution < -0.4 is 5.56 Å². The molecule has 0 spiro atoms. The highest BCUT2D eigenvalue weighted by Crippen LogP contribution is 2.13. The van der Waals surface area contributed by atoms with Crippen molar-refractivity contribution in [1.82, 2.24) is 9.55 Å². The molecule has 2 aromatic rings. The molecular formula is C13H14N2O2. The highest BCUT2D eigenvalue weighted by molar-refractivity contribution is 5.76. The van der Waals surface area contributed by atoms with E-state index in [4.69, 9.17) is 4.74 Å². The first kappa shape index (κ1) is 10.5. The first-order valence-electron chi connectivity index (χ1n) is 5.90. The zero-order valence-electron chi connectivity index (χ0n) is 9.50. The van der Waals surface area contributed by atoms with Crippen LogP contribution in [0.15, 0.2) is 35.4 Å². The summed E-state index contributed by atoms with van der Waals surface area (Å²) >= 11 is 0. The standard InChI is InChI=1S/C13H14N2O2/c16-13-11-5-1-2-6-12(11)14-9-15(13)8-10-4-3-7-17-10/h1-2,5-6,9-10H,3-4,7-8H2/t10-/m1/s1. The van der Waals surface area contributed by atoms with Gasteiger partial charge in [-0.1, -0.05) is 12.1 Å². The molecule has 4 heteroatoms. The van der Waals surface area contributed by atoms with Crippen molar-refractivity contribution in [3.05, 3.63) is 40.9 Å². The van der Waals surface area contributed by atoms with Gasteiger partial charge in [-0.05, 0) is 25.0 Å². The van der Waals surface area contributed by atoms with Gasteiger partial charge in [0.2, 0.25) is 0 Å². The van der Waals surface area contributed by atoms with E-state index in [2.05, 4.69) is 4.98 Å². The molecule has 0 unspecified atom stereocenters. The van der Waals surface area contributed by atoms with Gasteiger partial charge in [0.1, 0.15) is 0 Å². The number of aromatic nitrogens is 2. The molecule has 0 N–H and O–H groups in total. The predicted molar refractivity (Wildman–Crippen MR) is 65.0 cm³/mol. The summed E-state index contributed by atoms with van der Waals surface area (Å²) in [4.78, 5) is 16.5. The van der Waals surface area contributed by atoms with Crippen molar-refractivity contribution in [2.75, 3.05) is 6.61 Å². The minimum absolute atomic E-state index is 0.0195. The fourth-order valence-corrected chi connectivity index (χ4v) is 2.24. The Kier molecular flexibility index (Phi) is 2.65. The van der Waals surface area contributed by atoms with Crippen molar-refractivity contribution < 1.29 is 4.74 Å². The SMILES string of the molecule is O=c1c2ccccc2ncn1C[C@H]1CCCO1. The highest BCUT2D eigenvalue weighted by Gasteiger charge is 2.16. The summed E-state index contributed by atoms with van der Waals surface area (Å²) in [6.07, 6.45) is 3.89. The topological polar surface area (TPSA) is 44.1 Å². The zero-order valence-corrected chi connectivity index (χ0v) is 9.50. The number of benzene rings is 1. The van der Waals surface area contributed by atoms with E-state index in [1.54, 1.807) is 10.9 Å². The minimum atomic E-state index is 0.0195. The van der Waals surface area contributed by atoms with Crippen LogP contribution in [0, 0.1) is 0 Å². The lowest BCUT2D eigenvalue weighted by Gasteiger charge is -2.11. The van der Waals surface area contributed by atoms with Gasteiger partial charge >= 0.3 is 0 Å². The van der Waals surface area contributed by atoms with Crippen LogP contribution in [0.3, 0.4) is 0 Å². The van der Waals surface area contributed by atoms with Gasteiger partial charge in [-0.25, -0.2) is 4.98 Å². The molecule has 0 radical (unpaired) electrons. The Morgan fingerprint density at radius 1 is 1.41 bits per heavy atom. The Morgan fingerprint density at radius 3 is 3.12 bits per heavy atom. The van der Waals surface area contributed by atoms with Crippen LogP contribution in [-0.2, 0) is 11.3 Å². The Hall–Kier alpha value is -1.68. The van der Waals surface area contributed by atoms with Crippen LogP contribution in [0.5, 0.6) is 0 Å². The lowest BCUT2D eigenvalue weighted by molar-refractivity contribution is 0.0960. The van der Waals surface area contributed by atoms with Gasteiger partial charge in [0, 0.05) is 6.61 Å². The molecule has 0 amide bonds. The van der Waals surface area contributed by atoms with E-state index >= 15 is 0 Å². The molecule has 0 aliphatic carbocycles. The van der Waals surface area contributed by atoms with Crippen LogP contribution >= 0.6 is 0 Å². The Bertz CT molecular complexity index is 585. The van der Waals surface area contributed by atoms with Crippen molar-refractivity contribution in [2.45, 2.75) is 25.5 Å². The van der Waals surface area contributed by atoms with E-state index in [-0.39, 0.29) is 11.7 Å². The molecule has 1 aliphatic heterocycles. The molecule has 1 atom stereocenters. The number of nitrogens with zero attached hydrogens (tertiary/aromatic N) is 2. The molecule has 1 aromatic heterocycles. The third kappa shape index (κ3) is 1.96. The first-order chi connectivity index (χ1) is 8.34. The molecule has 17 heavy (non-hydrogen) atoms. The highest BCUT2D eigenvalue weighted by atomic mass is 16.5. The Morgan fingerprint density at radius 2 is 2.29 bits per heavy atom. The number of hydrogen-bond donors (Lipinski definition) is 0. The maximum atomic E-state index is 12.2. The van der Waals surface area contributed by atoms with Gasteiger partial charge in [0.25, 0.3) is 5.56 Å². The van der Waals surface area contributed by atoms with E-state index in [1.807, 2.05) is 24.3 Å². The van der Waals surface area contributed by atoms with Crippen LogP contribution in [0.4, 0.5) is 0 Å². The van der Waals surface area contributed by atoms with Crippen LogP contribution in [-0.4, -0.2) is 22.3 Å². The molecule has 4 nitrogen and oxygen atoms in total. The van der Waals surface area contributed by atoms with Gasteiger partial charge in [-0.2, -0.15) is 0 Å². The molecule has 1 saturated heterocycles. The Labute approximate surface area is 98.9 Å². The van der Waals surface area contributed by atoms with E-state index in [0.717, 1.165) is 25.0 Å². The monoisotopic (exact) mass is 230 g/mol. The molecule has 0 bridgehead atoms. The summed E-state index contributed by atoms with van der Waals surface area (Å²) in [7, 11) is 0. The predicted octanol–water partition coefficient (Wildman–Crippen LogP) is 1.58. The number of hydrogen-bond acceptors (Lipinski definition) is 3. The first-order valence-corrected chi connectivity index (χ1v) is 5.90.